The number of rotatable bonds is 1. The molecular weight excluding hydrogens is 176 g/mol. The predicted molar refractivity (Wildman–Crippen MR) is 55.8 cm³/mol. The molecule has 1 heterocycles. The van der Waals surface area contributed by atoms with Crippen molar-refractivity contribution in [3.63, 3.8) is 0 Å². The van der Waals surface area contributed by atoms with Gasteiger partial charge >= 0.3 is 0 Å². The average molecular weight is 188 g/mol. The van der Waals surface area contributed by atoms with Crippen LogP contribution in [0.1, 0.15) is 27.2 Å². The summed E-state index contributed by atoms with van der Waals surface area (Å²) < 4.78 is 5.56. The first-order valence-electron chi connectivity index (χ1n) is 4.59. The van der Waals surface area contributed by atoms with E-state index in [1.54, 1.807) is 0 Å². The fourth-order valence-electron chi connectivity index (χ4n) is 1.76. The van der Waals surface area contributed by atoms with Crippen molar-refractivity contribution in [3.05, 3.63) is 34.6 Å². The highest BCUT2D eigenvalue weighted by atomic mass is 16.3. The summed E-state index contributed by atoms with van der Waals surface area (Å²) in [4.78, 5) is 10.8. The summed E-state index contributed by atoms with van der Waals surface area (Å²) in [7, 11) is 0. The summed E-state index contributed by atoms with van der Waals surface area (Å²) in [6.07, 6.45) is 0.875. The van der Waals surface area contributed by atoms with Crippen LogP contribution in [0.4, 0.5) is 0 Å². The van der Waals surface area contributed by atoms with E-state index in [0.717, 1.165) is 34.1 Å². The van der Waals surface area contributed by atoms with E-state index in [-0.39, 0.29) is 0 Å². The molecule has 2 nitrogen and oxygen atoms in total. The summed E-state index contributed by atoms with van der Waals surface area (Å²) in [5.41, 5.74) is 3.56. The zero-order chi connectivity index (χ0) is 10.3. The molecule has 0 unspecified atom stereocenters. The lowest BCUT2D eigenvalue weighted by Gasteiger charge is -2.01. The van der Waals surface area contributed by atoms with Crippen LogP contribution in [0.5, 0.6) is 0 Å². The van der Waals surface area contributed by atoms with Crippen molar-refractivity contribution in [2.24, 2.45) is 0 Å². The lowest BCUT2D eigenvalue weighted by atomic mass is 10.0. The first-order chi connectivity index (χ1) is 6.63. The first-order valence-corrected chi connectivity index (χ1v) is 4.59. The van der Waals surface area contributed by atoms with E-state index in [9.17, 15) is 4.79 Å². The molecule has 2 heteroatoms. The van der Waals surface area contributed by atoms with Gasteiger partial charge in [-0.25, -0.2) is 0 Å². The van der Waals surface area contributed by atoms with E-state index in [4.69, 9.17) is 4.42 Å². The average Bonchev–Trinajstić information content (AvgIpc) is 2.54. The third kappa shape index (κ3) is 1.15. The van der Waals surface area contributed by atoms with Gasteiger partial charge in [-0.15, -0.1) is 0 Å². The van der Waals surface area contributed by atoms with Gasteiger partial charge in [-0.1, -0.05) is 0 Å². The number of benzene rings is 1. The van der Waals surface area contributed by atoms with Crippen LogP contribution in [0, 0.1) is 20.8 Å². The standard InChI is InChI=1S/C12H12O2/c1-7-4-10(6-13)9(3)12-11(7)5-8(2)14-12/h4-6H,1-3H3. The molecule has 1 aromatic heterocycles. The van der Waals surface area contributed by atoms with Crippen LogP contribution in [-0.2, 0) is 0 Å². The van der Waals surface area contributed by atoms with Crippen LogP contribution in [0.25, 0.3) is 11.0 Å². The quantitative estimate of drug-likeness (QED) is 0.643. The topological polar surface area (TPSA) is 30.2 Å². The number of aryl methyl sites for hydroxylation is 3. The van der Waals surface area contributed by atoms with Gasteiger partial charge in [0.15, 0.2) is 0 Å². The second-order valence-electron chi connectivity index (χ2n) is 3.63. The molecule has 0 N–H and O–H groups in total. The van der Waals surface area contributed by atoms with E-state index >= 15 is 0 Å². The molecule has 0 radical (unpaired) electrons. The van der Waals surface area contributed by atoms with Crippen LogP contribution in [0.15, 0.2) is 16.5 Å². The van der Waals surface area contributed by atoms with Crippen LogP contribution in [0.2, 0.25) is 0 Å². The van der Waals surface area contributed by atoms with Crippen LogP contribution in [-0.4, -0.2) is 6.29 Å². The number of hydrogen-bond acceptors (Lipinski definition) is 2. The molecule has 14 heavy (non-hydrogen) atoms. The maximum Gasteiger partial charge on any atom is 0.150 e. The molecule has 72 valence electrons. The fourth-order valence-corrected chi connectivity index (χ4v) is 1.76. The normalized spacial score (nSPS) is 10.8. The highest BCUT2D eigenvalue weighted by Crippen LogP contribution is 2.27. The van der Waals surface area contributed by atoms with E-state index in [1.807, 2.05) is 32.9 Å². The van der Waals surface area contributed by atoms with E-state index < -0.39 is 0 Å². The van der Waals surface area contributed by atoms with Crippen molar-refractivity contribution in [2.75, 3.05) is 0 Å². The minimum Gasteiger partial charge on any atom is -0.461 e. The number of aldehydes is 1. The summed E-state index contributed by atoms with van der Waals surface area (Å²) in [5.74, 6) is 0.884. The number of hydrogen-bond donors (Lipinski definition) is 0. The van der Waals surface area contributed by atoms with Crippen LogP contribution >= 0.6 is 0 Å². The fraction of sp³-hybridized carbons (Fsp3) is 0.250. The highest BCUT2D eigenvalue weighted by Gasteiger charge is 2.10. The lowest BCUT2D eigenvalue weighted by molar-refractivity contribution is 0.112. The largest absolute Gasteiger partial charge is 0.461 e. The maximum atomic E-state index is 10.8. The minimum absolute atomic E-state index is 0.712. The van der Waals surface area contributed by atoms with Gasteiger partial charge < -0.3 is 4.42 Å². The lowest BCUT2D eigenvalue weighted by Crippen LogP contribution is -1.88. The summed E-state index contributed by atoms with van der Waals surface area (Å²) in [5, 5.41) is 1.10. The SMILES string of the molecule is Cc1cc2c(C)cc(C=O)c(C)c2o1. The maximum absolute atomic E-state index is 10.8. The number of fused-ring (bicyclic) bond motifs is 1. The molecule has 0 fully saturated rings. The van der Waals surface area contributed by atoms with Gasteiger partial charge in [0.2, 0.25) is 0 Å². The van der Waals surface area contributed by atoms with Crippen molar-refractivity contribution >= 4 is 17.3 Å². The monoisotopic (exact) mass is 188 g/mol. The minimum atomic E-state index is 0.712. The molecule has 0 aliphatic heterocycles. The Labute approximate surface area is 82.5 Å². The van der Waals surface area contributed by atoms with Crippen LogP contribution in [0.3, 0.4) is 0 Å². The van der Waals surface area contributed by atoms with Gasteiger partial charge in [0, 0.05) is 16.5 Å². The molecule has 0 aliphatic rings. The summed E-state index contributed by atoms with van der Waals surface area (Å²) >= 11 is 0. The Morgan fingerprint density at radius 1 is 1.21 bits per heavy atom. The van der Waals surface area contributed by atoms with E-state index in [2.05, 4.69) is 0 Å². The molecule has 2 rings (SSSR count). The van der Waals surface area contributed by atoms with Crippen molar-refractivity contribution in [1.29, 1.82) is 0 Å². The molecular formula is C12H12O2. The molecule has 0 bridgehead atoms. The Kier molecular flexibility index (Phi) is 1.92. The summed E-state index contributed by atoms with van der Waals surface area (Å²) in [6, 6.07) is 3.91. The number of carbonyl (C=O) groups excluding carboxylic acids is 1. The Morgan fingerprint density at radius 3 is 2.57 bits per heavy atom. The smallest absolute Gasteiger partial charge is 0.150 e. The molecule has 1 aromatic carbocycles. The van der Waals surface area contributed by atoms with Crippen molar-refractivity contribution in [2.45, 2.75) is 20.8 Å². The second kappa shape index (κ2) is 2.98. The van der Waals surface area contributed by atoms with Gasteiger partial charge in [0.1, 0.15) is 17.6 Å². The molecule has 0 saturated heterocycles. The molecule has 0 amide bonds. The van der Waals surface area contributed by atoms with Gasteiger partial charge in [-0.05, 0) is 38.5 Å². The zero-order valence-corrected chi connectivity index (χ0v) is 8.55. The van der Waals surface area contributed by atoms with Crippen LogP contribution < -0.4 is 0 Å². The van der Waals surface area contributed by atoms with Crippen molar-refractivity contribution in [1.82, 2.24) is 0 Å². The molecule has 0 atom stereocenters. The summed E-state index contributed by atoms with van der Waals surface area (Å²) in [6.45, 7) is 5.82. The third-order valence-electron chi connectivity index (χ3n) is 2.55. The van der Waals surface area contributed by atoms with Crippen molar-refractivity contribution in [3.8, 4) is 0 Å². The Morgan fingerprint density at radius 2 is 1.93 bits per heavy atom. The van der Waals surface area contributed by atoms with Gasteiger partial charge in [0.25, 0.3) is 0 Å². The Balaban J connectivity index is 2.93. The molecule has 0 saturated carbocycles. The van der Waals surface area contributed by atoms with Gasteiger partial charge in [-0.2, -0.15) is 0 Å². The van der Waals surface area contributed by atoms with Crippen molar-refractivity contribution < 1.29 is 9.21 Å². The number of carbonyl (C=O) groups is 1. The number of furan rings is 1. The molecule has 2 aromatic rings. The van der Waals surface area contributed by atoms with E-state index in [0.29, 0.717) is 5.56 Å². The highest BCUT2D eigenvalue weighted by molar-refractivity contribution is 5.92. The van der Waals surface area contributed by atoms with Gasteiger partial charge in [0.05, 0.1) is 0 Å². The zero-order valence-electron chi connectivity index (χ0n) is 8.55. The first kappa shape index (κ1) is 9.00. The predicted octanol–water partition coefficient (Wildman–Crippen LogP) is 3.17. The van der Waals surface area contributed by atoms with E-state index in [1.165, 1.54) is 0 Å². The molecule has 0 aliphatic carbocycles. The second-order valence-corrected chi connectivity index (χ2v) is 3.63. The third-order valence-corrected chi connectivity index (χ3v) is 2.55. The van der Waals surface area contributed by atoms with Gasteiger partial charge in [-0.3, -0.25) is 4.79 Å². The Bertz CT molecular complexity index is 507. The Hall–Kier alpha value is -1.57. The molecule has 0 spiro atoms.